The highest BCUT2D eigenvalue weighted by Gasteiger charge is 2.32. The van der Waals surface area contributed by atoms with Gasteiger partial charge < -0.3 is 9.88 Å². The summed E-state index contributed by atoms with van der Waals surface area (Å²) in [5.74, 6) is 0.233. The normalized spacial score (nSPS) is 16.6. The first-order valence-corrected chi connectivity index (χ1v) is 10.6. The van der Waals surface area contributed by atoms with E-state index in [-0.39, 0.29) is 10.8 Å². The lowest BCUT2D eigenvalue weighted by Gasteiger charge is -2.29. The topological polar surface area (TPSA) is 89.2 Å². The molecule has 27 heavy (non-hydrogen) atoms. The van der Waals surface area contributed by atoms with Gasteiger partial charge in [-0.3, -0.25) is 9.48 Å². The van der Waals surface area contributed by atoms with Crippen LogP contribution in [0.3, 0.4) is 0 Å². The quantitative estimate of drug-likeness (QED) is 0.832. The molecule has 3 heterocycles. The molecule has 1 amide bonds. The highest BCUT2D eigenvalue weighted by atomic mass is 32.2. The van der Waals surface area contributed by atoms with E-state index in [0.29, 0.717) is 36.9 Å². The number of hydrogen-bond donors (Lipinski definition) is 1. The van der Waals surface area contributed by atoms with E-state index in [1.165, 1.54) is 10.4 Å². The molecule has 0 bridgehead atoms. The van der Waals surface area contributed by atoms with Crippen LogP contribution < -0.4 is 5.32 Å². The largest absolute Gasteiger partial charge is 0.345 e. The molecule has 8 nitrogen and oxygen atoms in total. The summed E-state index contributed by atoms with van der Waals surface area (Å²) >= 11 is 0. The maximum absolute atomic E-state index is 13.1. The molecule has 148 valence electrons. The minimum Gasteiger partial charge on any atom is -0.345 e. The van der Waals surface area contributed by atoms with Crippen molar-refractivity contribution in [3.05, 3.63) is 35.4 Å². The number of carbonyl (C=O) groups excluding carboxylic acids is 1. The second-order valence-corrected chi connectivity index (χ2v) is 9.16. The zero-order valence-corrected chi connectivity index (χ0v) is 17.1. The van der Waals surface area contributed by atoms with Crippen LogP contribution in [0.2, 0.25) is 0 Å². The lowest BCUT2D eigenvalue weighted by atomic mass is 10.0. The summed E-state index contributed by atoms with van der Waals surface area (Å²) in [7, 11) is -0.0800. The van der Waals surface area contributed by atoms with E-state index in [4.69, 9.17) is 0 Å². The Morgan fingerprint density at radius 1 is 1.30 bits per heavy atom. The Labute approximate surface area is 160 Å². The summed E-state index contributed by atoms with van der Waals surface area (Å²) < 4.78 is 31.0. The second-order valence-electron chi connectivity index (χ2n) is 7.25. The van der Waals surface area contributed by atoms with Crippen molar-refractivity contribution in [1.29, 1.82) is 0 Å². The maximum Gasteiger partial charge on any atom is 0.268 e. The predicted octanol–water partition coefficient (Wildman–Crippen LogP) is 1.42. The molecule has 1 fully saturated rings. The number of sulfonamides is 1. The molecule has 1 aliphatic rings. The first-order valence-electron chi connectivity index (χ1n) is 9.13. The molecule has 0 aromatic carbocycles. The fourth-order valence-electron chi connectivity index (χ4n) is 3.35. The molecule has 2 aromatic rings. The van der Waals surface area contributed by atoms with Gasteiger partial charge >= 0.3 is 0 Å². The van der Waals surface area contributed by atoms with Gasteiger partial charge in [-0.25, -0.2) is 8.42 Å². The molecule has 0 atom stereocenters. The summed E-state index contributed by atoms with van der Waals surface area (Å²) in [6, 6.07) is 3.31. The third kappa shape index (κ3) is 3.79. The van der Waals surface area contributed by atoms with Gasteiger partial charge in [0, 0.05) is 39.1 Å². The summed E-state index contributed by atoms with van der Waals surface area (Å²) in [4.78, 5) is 12.8. The van der Waals surface area contributed by atoms with Gasteiger partial charge in [-0.15, -0.1) is 0 Å². The third-order valence-electron chi connectivity index (χ3n) is 5.43. The number of amides is 1. The van der Waals surface area contributed by atoms with E-state index in [2.05, 4.69) is 17.3 Å². The number of nitrogens with one attached hydrogen (secondary N) is 1. The lowest BCUT2D eigenvalue weighted by Crippen LogP contribution is -2.38. The predicted molar refractivity (Wildman–Crippen MR) is 102 cm³/mol. The van der Waals surface area contributed by atoms with Crippen molar-refractivity contribution in [3.8, 4) is 0 Å². The number of rotatable bonds is 5. The molecule has 0 radical (unpaired) electrons. The van der Waals surface area contributed by atoms with Gasteiger partial charge in [0.25, 0.3) is 5.91 Å². The highest BCUT2D eigenvalue weighted by Crippen LogP contribution is 2.27. The van der Waals surface area contributed by atoms with Crippen LogP contribution in [-0.2, 0) is 30.7 Å². The maximum atomic E-state index is 13.1. The van der Waals surface area contributed by atoms with Gasteiger partial charge in [-0.05, 0) is 37.8 Å². The molecular weight excluding hydrogens is 366 g/mol. The van der Waals surface area contributed by atoms with Crippen LogP contribution in [0.15, 0.2) is 23.2 Å². The van der Waals surface area contributed by atoms with Crippen LogP contribution in [0.1, 0.15) is 41.6 Å². The molecule has 1 aliphatic heterocycles. The van der Waals surface area contributed by atoms with E-state index >= 15 is 0 Å². The monoisotopic (exact) mass is 393 g/mol. The van der Waals surface area contributed by atoms with Gasteiger partial charge in [-0.1, -0.05) is 6.92 Å². The Bertz CT molecular complexity index is 936. The zero-order chi connectivity index (χ0) is 19.8. The summed E-state index contributed by atoms with van der Waals surface area (Å²) in [6.45, 7) is 5.26. The molecule has 9 heteroatoms. The SMILES string of the molecule is Cc1c(S(=O)(=O)N2CCC(C)CC2)cc(C(=O)NCc2ccnn2C)n1C. The molecule has 1 saturated heterocycles. The second kappa shape index (κ2) is 7.47. The fourth-order valence-corrected chi connectivity index (χ4v) is 5.09. The molecule has 0 spiro atoms. The molecule has 0 saturated carbocycles. The number of aryl methyl sites for hydroxylation is 1. The van der Waals surface area contributed by atoms with Crippen molar-refractivity contribution in [2.45, 2.75) is 38.1 Å². The number of hydrogen-bond acceptors (Lipinski definition) is 4. The van der Waals surface area contributed by atoms with E-state index in [0.717, 1.165) is 18.5 Å². The Kier molecular flexibility index (Phi) is 5.43. The average Bonchev–Trinajstić information content (AvgIpc) is 3.17. The van der Waals surface area contributed by atoms with Crippen LogP contribution in [-0.4, -0.2) is 46.1 Å². The van der Waals surface area contributed by atoms with Crippen LogP contribution in [0, 0.1) is 12.8 Å². The molecule has 0 unspecified atom stereocenters. The van der Waals surface area contributed by atoms with Gasteiger partial charge in [-0.2, -0.15) is 9.40 Å². The van der Waals surface area contributed by atoms with Gasteiger partial charge in [0.05, 0.1) is 12.2 Å². The van der Waals surface area contributed by atoms with E-state index in [1.807, 2.05) is 6.07 Å². The Hall–Kier alpha value is -2.13. The van der Waals surface area contributed by atoms with Gasteiger partial charge in [0.15, 0.2) is 0 Å². The summed E-state index contributed by atoms with van der Waals surface area (Å²) in [6.07, 6.45) is 3.39. The van der Waals surface area contributed by atoms with Crippen molar-refractivity contribution in [2.24, 2.45) is 20.0 Å². The number of aromatic nitrogens is 3. The van der Waals surface area contributed by atoms with Crippen molar-refractivity contribution in [1.82, 2.24) is 24.0 Å². The lowest BCUT2D eigenvalue weighted by molar-refractivity contribution is 0.0941. The Morgan fingerprint density at radius 2 is 1.96 bits per heavy atom. The van der Waals surface area contributed by atoms with E-state index in [9.17, 15) is 13.2 Å². The molecule has 2 aromatic heterocycles. The van der Waals surface area contributed by atoms with Crippen LogP contribution in [0.4, 0.5) is 0 Å². The van der Waals surface area contributed by atoms with E-state index < -0.39 is 10.0 Å². The van der Waals surface area contributed by atoms with Gasteiger partial charge in [0.2, 0.25) is 10.0 Å². The smallest absolute Gasteiger partial charge is 0.268 e. The minimum absolute atomic E-state index is 0.213. The van der Waals surface area contributed by atoms with Gasteiger partial charge in [0.1, 0.15) is 10.6 Å². The number of nitrogens with zero attached hydrogens (tertiary/aromatic N) is 4. The van der Waals surface area contributed by atoms with Crippen LogP contribution in [0.25, 0.3) is 0 Å². The molecule has 3 rings (SSSR count). The summed E-state index contributed by atoms with van der Waals surface area (Å²) in [5, 5.41) is 6.90. The van der Waals surface area contributed by atoms with Crippen molar-refractivity contribution >= 4 is 15.9 Å². The Balaban J connectivity index is 1.81. The first kappa shape index (κ1) is 19.6. The van der Waals surface area contributed by atoms with Crippen LogP contribution >= 0.6 is 0 Å². The number of carbonyl (C=O) groups is 1. The fraction of sp³-hybridized carbons (Fsp3) is 0.556. The molecular formula is C18H27N5O3S. The van der Waals surface area contributed by atoms with Crippen LogP contribution in [0.5, 0.6) is 0 Å². The standard InChI is InChI=1S/C18H27N5O3S/c1-13-6-9-23(10-7-13)27(25,26)17-11-16(21(3)14(17)2)18(24)19-12-15-5-8-20-22(15)4/h5,8,11,13H,6-7,9-10,12H2,1-4H3,(H,19,24). The van der Waals surface area contributed by atoms with E-state index in [1.54, 1.807) is 36.5 Å². The van der Waals surface area contributed by atoms with Crippen molar-refractivity contribution < 1.29 is 13.2 Å². The minimum atomic E-state index is -3.60. The van der Waals surface area contributed by atoms with Crippen molar-refractivity contribution in [2.75, 3.05) is 13.1 Å². The van der Waals surface area contributed by atoms with Crippen molar-refractivity contribution in [3.63, 3.8) is 0 Å². The Morgan fingerprint density at radius 3 is 2.56 bits per heavy atom. The molecule has 1 N–H and O–H groups in total. The highest BCUT2D eigenvalue weighted by molar-refractivity contribution is 7.89. The average molecular weight is 394 g/mol. The summed E-state index contributed by atoms with van der Waals surface area (Å²) in [5.41, 5.74) is 1.77. The number of piperidine rings is 1. The molecule has 0 aliphatic carbocycles. The zero-order valence-electron chi connectivity index (χ0n) is 16.3. The first-order chi connectivity index (χ1) is 12.7. The third-order valence-corrected chi connectivity index (χ3v) is 7.45.